The summed E-state index contributed by atoms with van der Waals surface area (Å²) in [5.41, 5.74) is 0. The molecule has 0 radical (unpaired) electrons. The van der Waals surface area contributed by atoms with Crippen molar-refractivity contribution in [3.63, 3.8) is 0 Å². The second-order valence-corrected chi connectivity index (χ2v) is 4.39. The van der Waals surface area contributed by atoms with E-state index in [9.17, 15) is 0 Å². The summed E-state index contributed by atoms with van der Waals surface area (Å²) < 4.78 is 11.7. The molecule has 0 bridgehead atoms. The van der Waals surface area contributed by atoms with Gasteiger partial charge in [-0.05, 0) is 25.7 Å². The van der Waals surface area contributed by atoms with Crippen LogP contribution in [0.5, 0.6) is 0 Å². The van der Waals surface area contributed by atoms with Crippen LogP contribution in [0.2, 0.25) is 0 Å². The van der Waals surface area contributed by atoms with Crippen LogP contribution in [0.1, 0.15) is 38.5 Å². The van der Waals surface area contributed by atoms with Crippen LogP contribution in [0.15, 0.2) is 0 Å². The zero-order chi connectivity index (χ0) is 10.7. The Morgan fingerprint density at radius 1 is 1.27 bits per heavy atom. The normalized spacial score (nSPS) is 41.3. The first-order valence-corrected chi connectivity index (χ1v) is 5.71. The van der Waals surface area contributed by atoms with Gasteiger partial charge in [-0.1, -0.05) is 5.92 Å². The number of rotatable bonds is 1. The minimum Gasteiger partial charge on any atom is -0.394 e. The van der Waals surface area contributed by atoms with Gasteiger partial charge in [0.1, 0.15) is 6.10 Å². The van der Waals surface area contributed by atoms with Gasteiger partial charge in [0.05, 0.1) is 12.7 Å². The van der Waals surface area contributed by atoms with E-state index in [1.165, 1.54) is 0 Å². The van der Waals surface area contributed by atoms with Crippen molar-refractivity contribution < 1.29 is 14.6 Å². The molecule has 0 aliphatic carbocycles. The minimum atomic E-state index is -0.499. The van der Waals surface area contributed by atoms with Crippen molar-refractivity contribution in [1.29, 1.82) is 0 Å². The van der Waals surface area contributed by atoms with E-state index in [1.807, 2.05) is 0 Å². The molecule has 0 amide bonds. The average Bonchev–Trinajstić information content (AvgIpc) is 2.29. The molecule has 2 aliphatic rings. The molecule has 3 nitrogen and oxygen atoms in total. The molecule has 3 atom stereocenters. The molecule has 84 valence electrons. The summed E-state index contributed by atoms with van der Waals surface area (Å²) in [6.45, 7) is 0.0752. The van der Waals surface area contributed by atoms with Gasteiger partial charge in [-0.2, -0.15) is 0 Å². The smallest absolute Gasteiger partial charge is 0.170 e. The van der Waals surface area contributed by atoms with E-state index >= 15 is 0 Å². The summed E-state index contributed by atoms with van der Waals surface area (Å²) in [6.07, 6.45) is 10.9. The highest BCUT2D eigenvalue weighted by Crippen LogP contribution is 2.38. The Balaban J connectivity index is 2.02. The summed E-state index contributed by atoms with van der Waals surface area (Å²) in [6, 6.07) is 0. The lowest BCUT2D eigenvalue weighted by Gasteiger charge is -2.44. The van der Waals surface area contributed by atoms with Crippen LogP contribution >= 0.6 is 0 Å². The molecule has 2 fully saturated rings. The lowest BCUT2D eigenvalue weighted by Crippen LogP contribution is -2.48. The maximum atomic E-state index is 9.11. The van der Waals surface area contributed by atoms with Crippen molar-refractivity contribution in [2.75, 3.05) is 6.61 Å². The second-order valence-electron chi connectivity index (χ2n) is 4.39. The highest BCUT2D eigenvalue weighted by atomic mass is 16.7. The molecule has 0 saturated carbocycles. The third-order valence-electron chi connectivity index (χ3n) is 3.24. The topological polar surface area (TPSA) is 38.7 Å². The van der Waals surface area contributed by atoms with Crippen LogP contribution in [0, 0.1) is 12.3 Å². The lowest BCUT2D eigenvalue weighted by atomic mass is 9.93. The zero-order valence-corrected chi connectivity index (χ0v) is 8.95. The number of hydrogen-bond acceptors (Lipinski definition) is 3. The van der Waals surface area contributed by atoms with E-state index < -0.39 is 5.79 Å². The van der Waals surface area contributed by atoms with Gasteiger partial charge in [0, 0.05) is 12.8 Å². The third kappa shape index (κ3) is 2.34. The number of ether oxygens (including phenoxy) is 2. The van der Waals surface area contributed by atoms with E-state index in [1.54, 1.807) is 0 Å². The van der Waals surface area contributed by atoms with E-state index in [-0.39, 0.29) is 18.8 Å². The number of aliphatic hydroxyl groups is 1. The standard InChI is InChI=1S/C12H18O3/c1-2-10-5-3-7-12(14-10)8-4-6-11(9-13)15-12/h1,10-11,13H,3-9H2. The second kappa shape index (κ2) is 4.52. The van der Waals surface area contributed by atoms with Crippen molar-refractivity contribution >= 4 is 0 Å². The minimum absolute atomic E-state index is 0.0738. The molecule has 1 spiro atoms. The van der Waals surface area contributed by atoms with Gasteiger partial charge in [-0.15, -0.1) is 6.42 Å². The molecule has 3 unspecified atom stereocenters. The maximum Gasteiger partial charge on any atom is 0.170 e. The molecular formula is C12H18O3. The molecule has 1 N–H and O–H groups in total. The molecule has 2 saturated heterocycles. The van der Waals surface area contributed by atoms with E-state index in [2.05, 4.69) is 5.92 Å². The Labute approximate surface area is 90.8 Å². The van der Waals surface area contributed by atoms with Crippen LogP contribution in [0.25, 0.3) is 0 Å². The SMILES string of the molecule is C#CC1CCCC2(CCCC(CO)O2)O1. The van der Waals surface area contributed by atoms with Crippen LogP contribution in [0.3, 0.4) is 0 Å². The van der Waals surface area contributed by atoms with Crippen molar-refractivity contribution in [2.45, 2.75) is 56.5 Å². The first-order chi connectivity index (χ1) is 7.28. The fourth-order valence-electron chi connectivity index (χ4n) is 2.47. The van der Waals surface area contributed by atoms with Crippen molar-refractivity contribution in [1.82, 2.24) is 0 Å². The lowest BCUT2D eigenvalue weighted by molar-refractivity contribution is -0.309. The van der Waals surface area contributed by atoms with E-state index in [4.69, 9.17) is 21.0 Å². The largest absolute Gasteiger partial charge is 0.394 e. The average molecular weight is 210 g/mol. The molecule has 0 aromatic heterocycles. The first kappa shape index (κ1) is 10.9. The van der Waals surface area contributed by atoms with Crippen molar-refractivity contribution in [2.24, 2.45) is 0 Å². The quantitative estimate of drug-likeness (QED) is 0.666. The summed E-state index contributed by atoms with van der Waals surface area (Å²) in [7, 11) is 0. The van der Waals surface area contributed by atoms with Gasteiger partial charge in [0.25, 0.3) is 0 Å². The molecule has 0 aromatic carbocycles. The molecule has 0 aromatic rings. The van der Waals surface area contributed by atoms with Gasteiger partial charge in [-0.3, -0.25) is 0 Å². The fraction of sp³-hybridized carbons (Fsp3) is 0.833. The van der Waals surface area contributed by atoms with E-state index in [0.29, 0.717) is 0 Å². The Kier molecular flexibility index (Phi) is 3.30. The predicted molar refractivity (Wildman–Crippen MR) is 56.1 cm³/mol. The molecule has 3 heteroatoms. The molecule has 2 aliphatic heterocycles. The van der Waals surface area contributed by atoms with Gasteiger partial charge >= 0.3 is 0 Å². The monoisotopic (exact) mass is 210 g/mol. The molecule has 2 rings (SSSR count). The van der Waals surface area contributed by atoms with Crippen LogP contribution in [0.4, 0.5) is 0 Å². The fourth-order valence-corrected chi connectivity index (χ4v) is 2.47. The maximum absolute atomic E-state index is 9.11. The van der Waals surface area contributed by atoms with Gasteiger partial charge < -0.3 is 14.6 Å². The van der Waals surface area contributed by atoms with E-state index in [0.717, 1.165) is 38.5 Å². The summed E-state index contributed by atoms with van der Waals surface area (Å²) in [5, 5.41) is 9.11. The van der Waals surface area contributed by atoms with Gasteiger partial charge in [-0.25, -0.2) is 0 Å². The van der Waals surface area contributed by atoms with Crippen LogP contribution in [-0.4, -0.2) is 29.7 Å². The molecular weight excluding hydrogens is 192 g/mol. The number of hydrogen-bond donors (Lipinski definition) is 1. The Hall–Kier alpha value is -0.560. The molecule has 2 heterocycles. The number of terminal acetylenes is 1. The Bertz CT molecular complexity index is 254. The van der Waals surface area contributed by atoms with Crippen molar-refractivity contribution in [3.05, 3.63) is 0 Å². The summed E-state index contributed by atoms with van der Waals surface area (Å²) >= 11 is 0. The van der Waals surface area contributed by atoms with Gasteiger partial charge in [0.15, 0.2) is 5.79 Å². The van der Waals surface area contributed by atoms with Crippen molar-refractivity contribution in [3.8, 4) is 12.3 Å². The molecule has 15 heavy (non-hydrogen) atoms. The number of aliphatic hydroxyl groups excluding tert-OH is 1. The first-order valence-electron chi connectivity index (χ1n) is 5.71. The Morgan fingerprint density at radius 2 is 2.00 bits per heavy atom. The van der Waals surface area contributed by atoms with Crippen LogP contribution in [-0.2, 0) is 9.47 Å². The van der Waals surface area contributed by atoms with Gasteiger partial charge in [0.2, 0.25) is 0 Å². The highest BCUT2D eigenvalue weighted by Gasteiger charge is 2.41. The zero-order valence-electron chi connectivity index (χ0n) is 8.95. The predicted octanol–water partition coefficient (Wildman–Crippen LogP) is 1.45. The summed E-state index contributed by atoms with van der Waals surface area (Å²) in [5.74, 6) is 2.14. The third-order valence-corrected chi connectivity index (χ3v) is 3.24. The highest BCUT2D eigenvalue weighted by molar-refractivity contribution is 4.98. The Morgan fingerprint density at radius 3 is 2.67 bits per heavy atom. The van der Waals surface area contributed by atoms with Crippen LogP contribution < -0.4 is 0 Å². The summed E-state index contributed by atoms with van der Waals surface area (Å²) in [4.78, 5) is 0.